The Labute approximate surface area is 98.1 Å². The largest absolute Gasteiger partial charge is 0.498 e. The first-order valence-corrected chi connectivity index (χ1v) is 6.68. The first kappa shape index (κ1) is 11.7. The fraction of sp³-hybridized carbons (Fsp3) is 0.786. The molecule has 0 spiro atoms. The number of ether oxygens (including phenoxy) is 1. The third kappa shape index (κ3) is 3.66. The van der Waals surface area contributed by atoms with Crippen LogP contribution in [0.25, 0.3) is 0 Å². The summed E-state index contributed by atoms with van der Waals surface area (Å²) in [5.74, 6) is 2.44. The molecule has 1 unspecified atom stereocenters. The Hall–Kier alpha value is -0.790. The molecule has 1 aliphatic heterocycles. The summed E-state index contributed by atoms with van der Waals surface area (Å²) in [7, 11) is 0. The molecular formula is C14H22O2. The van der Waals surface area contributed by atoms with Gasteiger partial charge < -0.3 is 4.74 Å². The number of hydrogen-bond donors (Lipinski definition) is 0. The van der Waals surface area contributed by atoms with Crippen molar-refractivity contribution < 1.29 is 9.53 Å². The molecule has 0 aromatic heterocycles. The van der Waals surface area contributed by atoms with Crippen LogP contribution in [0.2, 0.25) is 0 Å². The van der Waals surface area contributed by atoms with Crippen molar-refractivity contribution in [3.8, 4) is 0 Å². The van der Waals surface area contributed by atoms with Crippen LogP contribution in [0.4, 0.5) is 0 Å². The minimum absolute atomic E-state index is 0.448. The highest BCUT2D eigenvalue weighted by atomic mass is 16.5. The molecule has 1 atom stereocenters. The lowest BCUT2D eigenvalue weighted by Crippen LogP contribution is -1.99. The molecule has 0 radical (unpaired) electrons. The number of Topliss-reactive ketones (excluding diaryl/α,β-unsaturated/α-hetero) is 1. The number of hydrogen-bond acceptors (Lipinski definition) is 2. The van der Waals surface area contributed by atoms with E-state index in [4.69, 9.17) is 4.74 Å². The molecule has 0 aromatic carbocycles. The van der Waals surface area contributed by atoms with Crippen LogP contribution in [0.1, 0.15) is 57.8 Å². The molecule has 1 aliphatic carbocycles. The lowest BCUT2D eigenvalue weighted by Gasteiger charge is -2.10. The van der Waals surface area contributed by atoms with E-state index in [9.17, 15) is 4.79 Å². The summed E-state index contributed by atoms with van der Waals surface area (Å²) in [5, 5.41) is 0. The van der Waals surface area contributed by atoms with Gasteiger partial charge in [-0.05, 0) is 44.1 Å². The van der Waals surface area contributed by atoms with Crippen molar-refractivity contribution in [3.05, 3.63) is 11.8 Å². The summed E-state index contributed by atoms with van der Waals surface area (Å²) in [5.41, 5.74) is 0. The molecule has 16 heavy (non-hydrogen) atoms. The van der Waals surface area contributed by atoms with Gasteiger partial charge >= 0.3 is 0 Å². The van der Waals surface area contributed by atoms with Crippen molar-refractivity contribution in [2.45, 2.75) is 57.8 Å². The highest BCUT2D eigenvalue weighted by Gasteiger charge is 2.18. The van der Waals surface area contributed by atoms with Crippen LogP contribution in [-0.2, 0) is 9.53 Å². The molecule has 0 saturated carbocycles. The average Bonchev–Trinajstić information content (AvgIpc) is 2.72. The van der Waals surface area contributed by atoms with E-state index >= 15 is 0 Å². The molecule has 90 valence electrons. The van der Waals surface area contributed by atoms with Crippen LogP contribution in [0.15, 0.2) is 11.8 Å². The number of allylic oxidation sites excluding steroid dienone is 2. The minimum atomic E-state index is 0.448. The van der Waals surface area contributed by atoms with Crippen LogP contribution < -0.4 is 0 Å². The predicted molar refractivity (Wildman–Crippen MR) is 64.1 cm³/mol. The molecule has 2 heteroatoms. The van der Waals surface area contributed by atoms with E-state index in [0.29, 0.717) is 5.78 Å². The quantitative estimate of drug-likeness (QED) is 0.626. The van der Waals surface area contributed by atoms with Crippen molar-refractivity contribution in [3.63, 3.8) is 0 Å². The molecule has 1 saturated heterocycles. The van der Waals surface area contributed by atoms with Gasteiger partial charge in [-0.15, -0.1) is 0 Å². The standard InChI is InChI=1S/C14H22O2/c15-13-6-2-1-5-12-8-9-14(11-12)16-10-4-3-7-13/h9,12H,1-8,10-11H2. The highest BCUT2D eigenvalue weighted by molar-refractivity contribution is 5.78. The van der Waals surface area contributed by atoms with Crippen molar-refractivity contribution in [2.75, 3.05) is 6.61 Å². The minimum Gasteiger partial charge on any atom is -0.498 e. The van der Waals surface area contributed by atoms with Gasteiger partial charge in [-0.2, -0.15) is 0 Å². The number of fused-ring (bicyclic) bond motifs is 2. The highest BCUT2D eigenvalue weighted by Crippen LogP contribution is 2.30. The maximum atomic E-state index is 11.5. The molecule has 0 aromatic rings. The van der Waals surface area contributed by atoms with Crippen LogP contribution in [0.3, 0.4) is 0 Å². The molecule has 2 nitrogen and oxygen atoms in total. The normalized spacial score (nSPS) is 28.4. The van der Waals surface area contributed by atoms with Gasteiger partial charge in [0.25, 0.3) is 0 Å². The summed E-state index contributed by atoms with van der Waals surface area (Å²) >= 11 is 0. The van der Waals surface area contributed by atoms with Gasteiger partial charge in [0.1, 0.15) is 5.78 Å². The SMILES string of the molecule is O=C1CCCCOC2=CCC(CCCC1)C2. The first-order chi connectivity index (χ1) is 7.84. The lowest BCUT2D eigenvalue weighted by atomic mass is 9.98. The second kappa shape index (κ2) is 6.07. The van der Waals surface area contributed by atoms with E-state index in [1.807, 2.05) is 0 Å². The van der Waals surface area contributed by atoms with Gasteiger partial charge in [0.05, 0.1) is 12.4 Å². The van der Waals surface area contributed by atoms with Crippen molar-refractivity contribution in [2.24, 2.45) is 5.92 Å². The smallest absolute Gasteiger partial charge is 0.132 e. The zero-order chi connectivity index (χ0) is 11.2. The number of ketones is 1. The van der Waals surface area contributed by atoms with Crippen molar-refractivity contribution in [1.82, 2.24) is 0 Å². The summed E-state index contributed by atoms with van der Waals surface area (Å²) < 4.78 is 5.73. The van der Waals surface area contributed by atoms with E-state index < -0.39 is 0 Å². The van der Waals surface area contributed by atoms with Gasteiger partial charge in [0, 0.05) is 19.3 Å². The van der Waals surface area contributed by atoms with E-state index in [1.54, 1.807) is 0 Å². The molecule has 2 rings (SSSR count). The number of rotatable bonds is 0. The predicted octanol–water partition coefficient (Wildman–Crippen LogP) is 3.61. The number of carbonyl (C=O) groups is 1. The van der Waals surface area contributed by atoms with Gasteiger partial charge in [-0.3, -0.25) is 4.79 Å². The molecule has 1 heterocycles. The zero-order valence-corrected chi connectivity index (χ0v) is 10.0. The molecular weight excluding hydrogens is 200 g/mol. The molecule has 2 bridgehead atoms. The van der Waals surface area contributed by atoms with Crippen LogP contribution in [0, 0.1) is 5.92 Å². The monoisotopic (exact) mass is 222 g/mol. The van der Waals surface area contributed by atoms with Crippen LogP contribution >= 0.6 is 0 Å². The van der Waals surface area contributed by atoms with E-state index in [0.717, 1.165) is 51.0 Å². The van der Waals surface area contributed by atoms with E-state index in [1.165, 1.54) is 25.0 Å². The van der Waals surface area contributed by atoms with Crippen molar-refractivity contribution >= 4 is 5.78 Å². The third-order valence-electron chi connectivity index (χ3n) is 3.62. The summed E-state index contributed by atoms with van der Waals surface area (Å²) in [4.78, 5) is 11.5. The van der Waals surface area contributed by atoms with E-state index in [-0.39, 0.29) is 0 Å². The fourth-order valence-electron chi connectivity index (χ4n) is 2.59. The molecule has 2 aliphatic rings. The Balaban J connectivity index is 1.81. The Morgan fingerprint density at radius 3 is 2.81 bits per heavy atom. The molecule has 1 fully saturated rings. The van der Waals surface area contributed by atoms with Crippen molar-refractivity contribution in [1.29, 1.82) is 0 Å². The maximum absolute atomic E-state index is 11.5. The average molecular weight is 222 g/mol. The van der Waals surface area contributed by atoms with Gasteiger partial charge in [0.2, 0.25) is 0 Å². The first-order valence-electron chi connectivity index (χ1n) is 6.68. The summed E-state index contributed by atoms with van der Waals surface area (Å²) in [6, 6.07) is 0. The molecule has 0 amide bonds. The lowest BCUT2D eigenvalue weighted by molar-refractivity contribution is -0.119. The van der Waals surface area contributed by atoms with Crippen LogP contribution in [-0.4, -0.2) is 12.4 Å². The van der Waals surface area contributed by atoms with Gasteiger partial charge in [0.15, 0.2) is 0 Å². The van der Waals surface area contributed by atoms with Gasteiger partial charge in [-0.25, -0.2) is 0 Å². The maximum Gasteiger partial charge on any atom is 0.132 e. The fourth-order valence-corrected chi connectivity index (χ4v) is 2.59. The van der Waals surface area contributed by atoms with Gasteiger partial charge in [-0.1, -0.05) is 6.42 Å². The second-order valence-electron chi connectivity index (χ2n) is 5.07. The molecule has 0 N–H and O–H groups in total. The zero-order valence-electron chi connectivity index (χ0n) is 10.0. The topological polar surface area (TPSA) is 26.3 Å². The number of carbonyl (C=O) groups excluding carboxylic acids is 1. The van der Waals surface area contributed by atoms with E-state index in [2.05, 4.69) is 6.08 Å². The second-order valence-corrected chi connectivity index (χ2v) is 5.07. The van der Waals surface area contributed by atoms with Crippen LogP contribution in [0.5, 0.6) is 0 Å². The third-order valence-corrected chi connectivity index (χ3v) is 3.62. The Bertz CT molecular complexity index is 268. The Morgan fingerprint density at radius 2 is 1.94 bits per heavy atom. The summed E-state index contributed by atoms with van der Waals surface area (Å²) in [6.45, 7) is 0.797. The Morgan fingerprint density at radius 1 is 1.12 bits per heavy atom. The Kier molecular flexibility index (Phi) is 4.44. The summed E-state index contributed by atoms with van der Waals surface area (Å²) in [6.07, 6.45) is 11.7.